The van der Waals surface area contributed by atoms with Gasteiger partial charge >= 0.3 is 12.1 Å². The van der Waals surface area contributed by atoms with Crippen LogP contribution in [0.2, 0.25) is 0 Å². The first-order valence-electron chi connectivity index (χ1n) is 8.11. The van der Waals surface area contributed by atoms with Crippen LogP contribution < -0.4 is 4.74 Å². The number of amides is 1. The number of hydrogen-bond donors (Lipinski definition) is 0. The SMILES string of the molecule is COc1ccc(C(=O)OC2CCN(C(=O)OC(C)(C)C)CC2)cc1. The summed E-state index contributed by atoms with van der Waals surface area (Å²) in [5.74, 6) is 0.339. The topological polar surface area (TPSA) is 65.1 Å². The van der Waals surface area contributed by atoms with E-state index in [-0.39, 0.29) is 18.2 Å². The first kappa shape index (κ1) is 18.1. The molecular formula is C18H25NO5. The lowest BCUT2D eigenvalue weighted by Crippen LogP contribution is -2.43. The molecule has 2 rings (SSSR count). The molecule has 0 bridgehead atoms. The van der Waals surface area contributed by atoms with Crippen molar-refractivity contribution >= 4 is 12.1 Å². The molecule has 0 unspecified atom stereocenters. The van der Waals surface area contributed by atoms with Crippen LogP contribution in [0.1, 0.15) is 44.0 Å². The van der Waals surface area contributed by atoms with Crippen LogP contribution in [0.5, 0.6) is 5.75 Å². The highest BCUT2D eigenvalue weighted by Crippen LogP contribution is 2.19. The minimum absolute atomic E-state index is 0.182. The van der Waals surface area contributed by atoms with E-state index >= 15 is 0 Å². The van der Waals surface area contributed by atoms with E-state index in [9.17, 15) is 9.59 Å². The highest BCUT2D eigenvalue weighted by molar-refractivity contribution is 5.89. The monoisotopic (exact) mass is 335 g/mol. The molecule has 1 saturated heterocycles. The average molecular weight is 335 g/mol. The van der Waals surface area contributed by atoms with Crippen molar-refractivity contribution in [3.05, 3.63) is 29.8 Å². The molecule has 0 radical (unpaired) electrons. The van der Waals surface area contributed by atoms with Crippen molar-refractivity contribution in [2.45, 2.75) is 45.3 Å². The van der Waals surface area contributed by atoms with E-state index in [4.69, 9.17) is 14.2 Å². The number of esters is 1. The molecular weight excluding hydrogens is 310 g/mol. The van der Waals surface area contributed by atoms with Crippen LogP contribution >= 0.6 is 0 Å². The summed E-state index contributed by atoms with van der Waals surface area (Å²) in [6, 6.07) is 6.80. The van der Waals surface area contributed by atoms with Gasteiger partial charge in [0.15, 0.2) is 0 Å². The summed E-state index contributed by atoms with van der Waals surface area (Å²) in [7, 11) is 1.58. The second-order valence-electron chi connectivity index (χ2n) is 6.80. The summed E-state index contributed by atoms with van der Waals surface area (Å²) >= 11 is 0. The zero-order valence-electron chi connectivity index (χ0n) is 14.7. The molecule has 0 aromatic heterocycles. The summed E-state index contributed by atoms with van der Waals surface area (Å²) in [6.45, 7) is 6.57. The van der Waals surface area contributed by atoms with E-state index in [0.29, 0.717) is 37.2 Å². The number of ether oxygens (including phenoxy) is 3. The smallest absolute Gasteiger partial charge is 0.410 e. The number of methoxy groups -OCH3 is 1. The molecule has 6 nitrogen and oxygen atoms in total. The van der Waals surface area contributed by atoms with Crippen LogP contribution in [0.4, 0.5) is 4.79 Å². The van der Waals surface area contributed by atoms with Crippen LogP contribution in [0.15, 0.2) is 24.3 Å². The number of rotatable bonds is 3. The van der Waals surface area contributed by atoms with Gasteiger partial charge in [0.25, 0.3) is 0 Å². The second kappa shape index (κ2) is 7.55. The van der Waals surface area contributed by atoms with Crippen molar-refractivity contribution in [3.63, 3.8) is 0 Å². The number of benzene rings is 1. The normalized spacial score (nSPS) is 15.8. The van der Waals surface area contributed by atoms with Crippen LogP contribution in [-0.4, -0.2) is 48.9 Å². The van der Waals surface area contributed by atoms with E-state index < -0.39 is 5.60 Å². The lowest BCUT2D eigenvalue weighted by atomic mass is 10.1. The molecule has 1 amide bonds. The fraction of sp³-hybridized carbons (Fsp3) is 0.556. The van der Waals surface area contributed by atoms with Gasteiger partial charge in [0.2, 0.25) is 0 Å². The number of hydrogen-bond acceptors (Lipinski definition) is 5. The Morgan fingerprint density at radius 3 is 2.17 bits per heavy atom. The zero-order chi connectivity index (χ0) is 17.7. The lowest BCUT2D eigenvalue weighted by molar-refractivity contribution is -0.00339. The van der Waals surface area contributed by atoms with E-state index in [2.05, 4.69) is 0 Å². The standard InChI is InChI=1S/C18H25NO5/c1-18(2,3)24-17(21)19-11-9-15(10-12-19)23-16(20)13-5-7-14(22-4)8-6-13/h5-8,15H,9-12H2,1-4H3. The van der Waals surface area contributed by atoms with Crippen molar-refractivity contribution in [3.8, 4) is 5.75 Å². The highest BCUT2D eigenvalue weighted by Gasteiger charge is 2.28. The number of carbonyl (C=O) groups is 2. The van der Waals surface area contributed by atoms with Gasteiger partial charge in [-0.1, -0.05) is 0 Å². The predicted molar refractivity (Wildman–Crippen MR) is 89.2 cm³/mol. The number of likely N-dealkylation sites (tertiary alicyclic amines) is 1. The minimum atomic E-state index is -0.505. The molecule has 1 heterocycles. The first-order chi connectivity index (χ1) is 11.3. The van der Waals surface area contributed by atoms with E-state index in [0.717, 1.165) is 0 Å². The Labute approximate surface area is 142 Å². The summed E-state index contributed by atoms with van der Waals surface area (Å²) in [4.78, 5) is 25.8. The van der Waals surface area contributed by atoms with Gasteiger partial charge in [-0.3, -0.25) is 0 Å². The van der Waals surface area contributed by atoms with Gasteiger partial charge in [-0.25, -0.2) is 9.59 Å². The van der Waals surface area contributed by atoms with Gasteiger partial charge in [-0.05, 0) is 45.0 Å². The van der Waals surface area contributed by atoms with Gasteiger partial charge in [0, 0.05) is 25.9 Å². The van der Waals surface area contributed by atoms with Crippen LogP contribution in [-0.2, 0) is 9.47 Å². The maximum Gasteiger partial charge on any atom is 0.410 e. The lowest BCUT2D eigenvalue weighted by Gasteiger charge is -2.33. The van der Waals surface area contributed by atoms with Crippen LogP contribution in [0.25, 0.3) is 0 Å². The van der Waals surface area contributed by atoms with E-state index in [1.54, 1.807) is 36.3 Å². The molecule has 1 aliphatic rings. The van der Waals surface area contributed by atoms with Gasteiger partial charge in [-0.2, -0.15) is 0 Å². The van der Waals surface area contributed by atoms with Crippen molar-refractivity contribution < 1.29 is 23.8 Å². The summed E-state index contributed by atoms with van der Waals surface area (Å²) in [6.07, 6.45) is 0.725. The first-order valence-corrected chi connectivity index (χ1v) is 8.11. The average Bonchev–Trinajstić information content (AvgIpc) is 2.54. The summed E-state index contributed by atoms with van der Waals surface area (Å²) in [5, 5.41) is 0. The van der Waals surface area contributed by atoms with Crippen molar-refractivity contribution in [2.24, 2.45) is 0 Å². The Hall–Kier alpha value is -2.24. The Balaban J connectivity index is 1.82. The molecule has 0 aliphatic carbocycles. The third-order valence-electron chi connectivity index (χ3n) is 3.69. The molecule has 24 heavy (non-hydrogen) atoms. The number of nitrogens with zero attached hydrogens (tertiary/aromatic N) is 1. The Morgan fingerprint density at radius 1 is 1.08 bits per heavy atom. The fourth-order valence-corrected chi connectivity index (χ4v) is 2.43. The van der Waals surface area contributed by atoms with Crippen molar-refractivity contribution in [2.75, 3.05) is 20.2 Å². The quantitative estimate of drug-likeness (QED) is 0.793. The predicted octanol–water partition coefficient (Wildman–Crippen LogP) is 3.25. The van der Waals surface area contributed by atoms with Gasteiger partial charge in [0.1, 0.15) is 17.5 Å². The third kappa shape index (κ3) is 5.15. The maximum atomic E-state index is 12.1. The third-order valence-corrected chi connectivity index (χ3v) is 3.69. The Kier molecular flexibility index (Phi) is 5.70. The summed E-state index contributed by atoms with van der Waals surface area (Å²) < 4.78 is 15.9. The largest absolute Gasteiger partial charge is 0.497 e. The van der Waals surface area contributed by atoms with Gasteiger partial charge in [-0.15, -0.1) is 0 Å². The molecule has 1 aromatic rings. The molecule has 1 aliphatic heterocycles. The molecule has 0 N–H and O–H groups in total. The Bertz CT molecular complexity index is 568. The highest BCUT2D eigenvalue weighted by atomic mass is 16.6. The number of piperidine rings is 1. The fourth-order valence-electron chi connectivity index (χ4n) is 2.43. The van der Waals surface area contributed by atoms with Crippen molar-refractivity contribution in [1.82, 2.24) is 4.90 Å². The molecule has 0 atom stereocenters. The molecule has 1 fully saturated rings. The molecule has 132 valence electrons. The molecule has 0 saturated carbocycles. The van der Waals surface area contributed by atoms with Gasteiger partial charge < -0.3 is 19.1 Å². The molecule has 6 heteroatoms. The Morgan fingerprint density at radius 2 is 1.67 bits per heavy atom. The van der Waals surface area contributed by atoms with Crippen molar-refractivity contribution in [1.29, 1.82) is 0 Å². The van der Waals surface area contributed by atoms with Crippen LogP contribution in [0.3, 0.4) is 0 Å². The molecule has 1 aromatic carbocycles. The second-order valence-corrected chi connectivity index (χ2v) is 6.80. The van der Waals surface area contributed by atoms with E-state index in [1.165, 1.54) is 0 Å². The van der Waals surface area contributed by atoms with E-state index in [1.807, 2.05) is 20.8 Å². The minimum Gasteiger partial charge on any atom is -0.497 e. The van der Waals surface area contributed by atoms with Crippen LogP contribution in [0, 0.1) is 0 Å². The summed E-state index contributed by atoms with van der Waals surface area (Å²) in [5.41, 5.74) is -0.0141. The number of carbonyl (C=O) groups excluding carboxylic acids is 2. The van der Waals surface area contributed by atoms with Gasteiger partial charge in [0.05, 0.1) is 12.7 Å². The molecule has 0 spiro atoms. The maximum absolute atomic E-state index is 12.1. The zero-order valence-corrected chi connectivity index (χ0v) is 14.7.